The normalized spacial score (nSPS) is 11.3. The molecule has 0 N–H and O–H groups in total. The molecule has 0 saturated heterocycles. The van der Waals surface area contributed by atoms with E-state index in [4.69, 9.17) is 4.74 Å². The second-order valence-corrected chi connectivity index (χ2v) is 4.43. The Morgan fingerprint density at radius 1 is 1.11 bits per heavy atom. The van der Waals surface area contributed by atoms with Crippen molar-refractivity contribution in [3.63, 3.8) is 0 Å². The monoisotopic (exact) mass is 366 g/mol. The predicted octanol–water partition coefficient (Wildman–Crippen LogP) is 3.89. The van der Waals surface area contributed by atoms with Crippen LogP contribution >= 0.6 is 22.6 Å². The fourth-order valence-corrected chi connectivity index (χ4v) is 1.62. The fraction of sp³-hybridized carbons (Fsp3) is 0.0909. The van der Waals surface area contributed by atoms with Gasteiger partial charge in [0.2, 0.25) is 5.88 Å². The molecule has 0 radical (unpaired) electrons. The highest BCUT2D eigenvalue weighted by Crippen LogP contribution is 2.29. The molecule has 7 heteroatoms. The number of nitrogens with zero attached hydrogens (tertiary/aromatic N) is 2. The molecule has 0 aliphatic heterocycles. The molecule has 0 atom stereocenters. The number of rotatable bonds is 2. The molecule has 94 valence electrons. The summed E-state index contributed by atoms with van der Waals surface area (Å²) in [6.45, 7) is 0. The quantitative estimate of drug-likeness (QED) is 0.757. The zero-order valence-corrected chi connectivity index (χ0v) is 10.9. The van der Waals surface area contributed by atoms with Crippen LogP contribution < -0.4 is 4.74 Å². The first kappa shape index (κ1) is 13.1. The van der Waals surface area contributed by atoms with Gasteiger partial charge in [0, 0.05) is 6.20 Å². The number of hydrogen-bond acceptors (Lipinski definition) is 3. The average molecular weight is 366 g/mol. The summed E-state index contributed by atoms with van der Waals surface area (Å²) < 4.78 is 43.0. The zero-order valence-electron chi connectivity index (χ0n) is 8.78. The molecule has 0 amide bonds. The third-order valence-corrected chi connectivity index (χ3v) is 2.79. The Labute approximate surface area is 114 Å². The van der Waals surface area contributed by atoms with E-state index in [1.165, 1.54) is 12.3 Å². The van der Waals surface area contributed by atoms with Crippen LogP contribution in [0.5, 0.6) is 11.6 Å². The van der Waals surface area contributed by atoms with Crippen molar-refractivity contribution in [3.05, 3.63) is 45.9 Å². The SMILES string of the molecule is FC(F)(F)c1ccc(Oc2ncccc2I)cn1. The molecule has 0 spiro atoms. The fourth-order valence-electron chi connectivity index (χ4n) is 1.17. The molecule has 0 bridgehead atoms. The average Bonchev–Trinajstić information content (AvgIpc) is 2.32. The summed E-state index contributed by atoms with van der Waals surface area (Å²) in [5, 5.41) is 0. The number of ether oxygens (including phenoxy) is 1. The van der Waals surface area contributed by atoms with E-state index in [1.807, 2.05) is 22.6 Å². The predicted molar refractivity (Wildman–Crippen MR) is 66.3 cm³/mol. The van der Waals surface area contributed by atoms with E-state index in [1.54, 1.807) is 12.1 Å². The van der Waals surface area contributed by atoms with Crippen molar-refractivity contribution in [2.75, 3.05) is 0 Å². The molecule has 2 heterocycles. The van der Waals surface area contributed by atoms with E-state index in [-0.39, 0.29) is 5.75 Å². The highest BCUT2D eigenvalue weighted by atomic mass is 127. The minimum atomic E-state index is -4.45. The van der Waals surface area contributed by atoms with Crippen molar-refractivity contribution >= 4 is 22.6 Å². The minimum Gasteiger partial charge on any atom is -0.436 e. The molecular weight excluding hydrogens is 360 g/mol. The Balaban J connectivity index is 2.19. The first-order valence-corrected chi connectivity index (χ1v) is 5.86. The molecule has 0 aliphatic rings. The van der Waals surface area contributed by atoms with Crippen LogP contribution in [0.2, 0.25) is 0 Å². The number of halogens is 4. The molecule has 2 aromatic rings. The van der Waals surface area contributed by atoms with Crippen molar-refractivity contribution in [2.45, 2.75) is 6.18 Å². The van der Waals surface area contributed by atoms with Crippen LogP contribution in [0.15, 0.2) is 36.7 Å². The maximum atomic E-state index is 12.3. The van der Waals surface area contributed by atoms with Crippen LogP contribution in [0, 0.1) is 3.57 Å². The van der Waals surface area contributed by atoms with E-state index in [2.05, 4.69) is 9.97 Å². The molecule has 3 nitrogen and oxygen atoms in total. The molecule has 0 aromatic carbocycles. The van der Waals surface area contributed by atoms with Crippen LogP contribution in [0.4, 0.5) is 13.2 Å². The second-order valence-electron chi connectivity index (χ2n) is 3.27. The van der Waals surface area contributed by atoms with Crippen LogP contribution in [0.25, 0.3) is 0 Å². The van der Waals surface area contributed by atoms with Gasteiger partial charge in [0.05, 0.1) is 9.77 Å². The van der Waals surface area contributed by atoms with Crippen LogP contribution in [0.3, 0.4) is 0 Å². The van der Waals surface area contributed by atoms with E-state index in [9.17, 15) is 13.2 Å². The first-order chi connectivity index (χ1) is 8.47. The largest absolute Gasteiger partial charge is 0.436 e. The maximum Gasteiger partial charge on any atom is 0.433 e. The Morgan fingerprint density at radius 3 is 2.44 bits per heavy atom. The summed E-state index contributed by atoms with van der Waals surface area (Å²) in [6, 6.07) is 5.59. The third kappa shape index (κ3) is 3.09. The van der Waals surface area contributed by atoms with E-state index in [0.29, 0.717) is 5.88 Å². The van der Waals surface area contributed by atoms with Gasteiger partial charge in [0.1, 0.15) is 11.4 Å². The molecular formula is C11H6F3IN2O. The summed E-state index contributed by atoms with van der Waals surface area (Å²) in [5.74, 6) is 0.541. The van der Waals surface area contributed by atoms with Gasteiger partial charge in [-0.3, -0.25) is 0 Å². The zero-order chi connectivity index (χ0) is 13.2. The van der Waals surface area contributed by atoms with Gasteiger partial charge in [-0.15, -0.1) is 0 Å². The van der Waals surface area contributed by atoms with Gasteiger partial charge < -0.3 is 4.74 Å². The van der Waals surface area contributed by atoms with Gasteiger partial charge in [-0.05, 0) is 46.9 Å². The third-order valence-electron chi connectivity index (χ3n) is 1.97. The van der Waals surface area contributed by atoms with Crippen molar-refractivity contribution in [1.29, 1.82) is 0 Å². The lowest BCUT2D eigenvalue weighted by molar-refractivity contribution is -0.141. The topological polar surface area (TPSA) is 35.0 Å². The minimum absolute atomic E-state index is 0.208. The second kappa shape index (κ2) is 5.09. The molecule has 0 saturated carbocycles. The number of hydrogen-bond donors (Lipinski definition) is 0. The van der Waals surface area contributed by atoms with E-state index >= 15 is 0 Å². The Kier molecular flexibility index (Phi) is 3.69. The standard InChI is InChI=1S/C11H6F3IN2O/c12-11(13,14)9-4-3-7(6-17-9)18-10-8(15)2-1-5-16-10/h1-6H. The van der Waals surface area contributed by atoms with Crippen LogP contribution in [-0.4, -0.2) is 9.97 Å². The summed E-state index contributed by atoms with van der Waals surface area (Å²) in [5.41, 5.74) is -0.953. The van der Waals surface area contributed by atoms with Gasteiger partial charge in [0.15, 0.2) is 0 Å². The van der Waals surface area contributed by atoms with Crippen molar-refractivity contribution < 1.29 is 17.9 Å². The van der Waals surface area contributed by atoms with Gasteiger partial charge in [-0.2, -0.15) is 13.2 Å². The van der Waals surface area contributed by atoms with Crippen LogP contribution in [0.1, 0.15) is 5.69 Å². The Morgan fingerprint density at radius 2 is 1.89 bits per heavy atom. The lowest BCUT2D eigenvalue weighted by Crippen LogP contribution is -2.07. The lowest BCUT2D eigenvalue weighted by atomic mass is 10.3. The number of aromatic nitrogens is 2. The van der Waals surface area contributed by atoms with Crippen LogP contribution in [-0.2, 0) is 6.18 Å². The van der Waals surface area contributed by atoms with Gasteiger partial charge in [-0.1, -0.05) is 0 Å². The van der Waals surface area contributed by atoms with Crippen molar-refractivity contribution in [2.24, 2.45) is 0 Å². The van der Waals surface area contributed by atoms with Crippen molar-refractivity contribution in [1.82, 2.24) is 9.97 Å². The summed E-state index contributed by atoms with van der Waals surface area (Å²) >= 11 is 2.02. The summed E-state index contributed by atoms with van der Waals surface area (Å²) in [6.07, 6.45) is -1.89. The Bertz CT molecular complexity index is 543. The smallest absolute Gasteiger partial charge is 0.433 e. The van der Waals surface area contributed by atoms with E-state index in [0.717, 1.165) is 15.8 Å². The van der Waals surface area contributed by atoms with Gasteiger partial charge >= 0.3 is 6.18 Å². The number of alkyl halides is 3. The lowest BCUT2D eigenvalue weighted by Gasteiger charge is -2.08. The molecule has 0 fully saturated rings. The van der Waals surface area contributed by atoms with Gasteiger partial charge in [0.25, 0.3) is 0 Å². The van der Waals surface area contributed by atoms with Crippen molar-refractivity contribution in [3.8, 4) is 11.6 Å². The molecule has 18 heavy (non-hydrogen) atoms. The molecule has 2 aromatic heterocycles. The first-order valence-electron chi connectivity index (χ1n) is 4.78. The highest BCUT2D eigenvalue weighted by Gasteiger charge is 2.32. The summed E-state index contributed by atoms with van der Waals surface area (Å²) in [7, 11) is 0. The number of pyridine rings is 2. The highest BCUT2D eigenvalue weighted by molar-refractivity contribution is 14.1. The Hall–Kier alpha value is -1.38. The van der Waals surface area contributed by atoms with E-state index < -0.39 is 11.9 Å². The molecule has 0 unspecified atom stereocenters. The summed E-state index contributed by atoms with van der Waals surface area (Å²) in [4.78, 5) is 7.26. The molecule has 0 aliphatic carbocycles. The van der Waals surface area contributed by atoms with Gasteiger partial charge in [-0.25, -0.2) is 9.97 Å². The maximum absolute atomic E-state index is 12.3. The molecule has 2 rings (SSSR count).